The summed E-state index contributed by atoms with van der Waals surface area (Å²) in [4.78, 5) is 0. The van der Waals surface area contributed by atoms with Crippen molar-refractivity contribution in [3.63, 3.8) is 0 Å². The van der Waals surface area contributed by atoms with E-state index < -0.39 is 0 Å². The highest BCUT2D eigenvalue weighted by Crippen LogP contribution is 1.94. The van der Waals surface area contributed by atoms with Crippen molar-refractivity contribution in [1.82, 2.24) is 10.4 Å². The van der Waals surface area contributed by atoms with Gasteiger partial charge in [0, 0.05) is 19.7 Å². The zero-order chi connectivity index (χ0) is 7.98. The summed E-state index contributed by atoms with van der Waals surface area (Å²) in [6, 6.07) is 0. The maximum Gasteiger partial charge on any atom is 0.0469 e. The van der Waals surface area contributed by atoms with Crippen molar-refractivity contribution >= 4 is 0 Å². The third-order valence-electron chi connectivity index (χ3n) is 1.54. The molecule has 0 saturated heterocycles. The van der Waals surface area contributed by atoms with Crippen molar-refractivity contribution in [3.05, 3.63) is 0 Å². The van der Waals surface area contributed by atoms with Crippen molar-refractivity contribution in [3.8, 4) is 0 Å². The molecule has 0 aliphatic heterocycles. The molecule has 1 atom stereocenters. The lowest BCUT2D eigenvalue weighted by Crippen LogP contribution is -2.38. The minimum absolute atomic E-state index is 0.262. The van der Waals surface area contributed by atoms with Gasteiger partial charge in [0.15, 0.2) is 0 Å². The molecule has 0 aromatic rings. The van der Waals surface area contributed by atoms with Crippen molar-refractivity contribution in [2.45, 2.75) is 13.8 Å². The molecular formula is C7H18N2O. The first-order valence-electron chi connectivity index (χ1n) is 3.77. The van der Waals surface area contributed by atoms with Gasteiger partial charge in [0.25, 0.3) is 0 Å². The third-order valence-corrected chi connectivity index (χ3v) is 1.54. The van der Waals surface area contributed by atoms with Gasteiger partial charge in [0.2, 0.25) is 0 Å². The first kappa shape index (κ1) is 9.88. The molecule has 0 bridgehead atoms. The number of nitrogens with zero attached hydrogens (tertiary/aromatic N) is 1. The zero-order valence-electron chi connectivity index (χ0n) is 7.09. The van der Waals surface area contributed by atoms with Crippen LogP contribution < -0.4 is 5.43 Å². The van der Waals surface area contributed by atoms with Crippen LogP contribution in [0.15, 0.2) is 0 Å². The Bertz CT molecular complexity index is 74.0. The number of aliphatic hydroxyl groups is 1. The van der Waals surface area contributed by atoms with Gasteiger partial charge in [-0.15, -0.1) is 0 Å². The Morgan fingerprint density at radius 2 is 2.20 bits per heavy atom. The average molecular weight is 146 g/mol. The highest BCUT2D eigenvalue weighted by Gasteiger charge is 2.04. The Labute approximate surface area is 63.0 Å². The fourth-order valence-electron chi connectivity index (χ4n) is 0.812. The van der Waals surface area contributed by atoms with Crippen LogP contribution in [0.25, 0.3) is 0 Å². The van der Waals surface area contributed by atoms with Crippen LogP contribution in [-0.4, -0.2) is 36.9 Å². The van der Waals surface area contributed by atoms with E-state index in [0.717, 1.165) is 13.1 Å². The molecule has 3 nitrogen and oxygen atoms in total. The summed E-state index contributed by atoms with van der Waals surface area (Å²) in [5.74, 6) is 0.354. The van der Waals surface area contributed by atoms with Crippen LogP contribution in [-0.2, 0) is 0 Å². The lowest BCUT2D eigenvalue weighted by molar-refractivity contribution is 0.146. The van der Waals surface area contributed by atoms with Gasteiger partial charge < -0.3 is 5.11 Å². The van der Waals surface area contributed by atoms with Gasteiger partial charge in [-0.1, -0.05) is 13.8 Å². The van der Waals surface area contributed by atoms with Crippen molar-refractivity contribution in [1.29, 1.82) is 0 Å². The van der Waals surface area contributed by atoms with Gasteiger partial charge in [-0.25, -0.2) is 5.01 Å². The van der Waals surface area contributed by atoms with E-state index in [2.05, 4.69) is 17.4 Å². The summed E-state index contributed by atoms with van der Waals surface area (Å²) in [5, 5.41) is 10.8. The molecule has 0 aromatic carbocycles. The summed E-state index contributed by atoms with van der Waals surface area (Å²) in [7, 11) is 1.90. The molecule has 0 saturated carbocycles. The molecule has 0 rings (SSSR count). The van der Waals surface area contributed by atoms with Crippen LogP contribution in [0.1, 0.15) is 13.8 Å². The van der Waals surface area contributed by atoms with Crippen LogP contribution >= 0.6 is 0 Å². The lowest BCUT2D eigenvalue weighted by Gasteiger charge is -2.21. The van der Waals surface area contributed by atoms with Crippen molar-refractivity contribution < 1.29 is 5.11 Å². The van der Waals surface area contributed by atoms with Crippen molar-refractivity contribution in [2.75, 3.05) is 26.7 Å². The van der Waals surface area contributed by atoms with Gasteiger partial charge in [-0.2, -0.15) is 0 Å². The topological polar surface area (TPSA) is 35.5 Å². The summed E-state index contributed by atoms with van der Waals surface area (Å²) in [6.07, 6.45) is 0. The normalized spacial score (nSPS) is 14.1. The highest BCUT2D eigenvalue weighted by molar-refractivity contribution is 4.54. The molecule has 0 fully saturated rings. The molecule has 0 aromatic heterocycles. The van der Waals surface area contributed by atoms with Crippen LogP contribution in [0, 0.1) is 5.92 Å². The molecule has 0 heterocycles. The summed E-state index contributed by atoms with van der Waals surface area (Å²) < 4.78 is 0. The largest absolute Gasteiger partial charge is 0.396 e. The first-order chi connectivity index (χ1) is 4.74. The lowest BCUT2D eigenvalue weighted by atomic mass is 10.2. The fraction of sp³-hybridized carbons (Fsp3) is 1.00. The molecule has 0 radical (unpaired) electrons. The predicted molar refractivity (Wildman–Crippen MR) is 42.6 cm³/mol. The standard InChI is InChI=1S/C7H18N2O/c1-4-9(8-3)5-7(2)6-10/h7-8,10H,4-6H2,1-3H3/t7-/m0/s1. The Morgan fingerprint density at radius 1 is 1.60 bits per heavy atom. The maximum atomic E-state index is 8.72. The van der Waals surface area contributed by atoms with Crippen molar-refractivity contribution in [2.24, 2.45) is 5.92 Å². The second-order valence-electron chi connectivity index (χ2n) is 2.55. The fourth-order valence-corrected chi connectivity index (χ4v) is 0.812. The van der Waals surface area contributed by atoms with E-state index in [-0.39, 0.29) is 6.61 Å². The van der Waals surface area contributed by atoms with E-state index in [1.807, 2.05) is 14.0 Å². The monoisotopic (exact) mass is 146 g/mol. The smallest absolute Gasteiger partial charge is 0.0469 e. The van der Waals surface area contributed by atoms with Crippen LogP contribution in [0.4, 0.5) is 0 Å². The predicted octanol–water partition coefficient (Wildman–Crippen LogP) is 0.0711. The van der Waals surface area contributed by atoms with E-state index >= 15 is 0 Å². The second kappa shape index (κ2) is 5.65. The molecule has 3 heteroatoms. The van der Waals surface area contributed by atoms with Gasteiger partial charge in [-0.3, -0.25) is 5.43 Å². The number of aliphatic hydroxyl groups excluding tert-OH is 1. The molecule has 0 unspecified atom stereocenters. The Morgan fingerprint density at radius 3 is 2.50 bits per heavy atom. The highest BCUT2D eigenvalue weighted by atomic mass is 16.3. The van der Waals surface area contributed by atoms with Gasteiger partial charge in [0.05, 0.1) is 0 Å². The van der Waals surface area contributed by atoms with E-state index in [9.17, 15) is 0 Å². The number of hydrogen-bond donors (Lipinski definition) is 2. The van der Waals surface area contributed by atoms with Gasteiger partial charge in [-0.05, 0) is 13.0 Å². The van der Waals surface area contributed by atoms with Gasteiger partial charge >= 0.3 is 0 Å². The number of nitrogens with one attached hydrogen (secondary N) is 1. The zero-order valence-corrected chi connectivity index (χ0v) is 7.09. The van der Waals surface area contributed by atoms with E-state index in [4.69, 9.17) is 5.11 Å². The molecule has 10 heavy (non-hydrogen) atoms. The molecule has 62 valence electrons. The van der Waals surface area contributed by atoms with E-state index in [1.54, 1.807) is 0 Å². The summed E-state index contributed by atoms with van der Waals surface area (Å²) >= 11 is 0. The van der Waals surface area contributed by atoms with E-state index in [1.165, 1.54) is 0 Å². The minimum atomic E-state index is 0.262. The Balaban J connectivity index is 3.41. The van der Waals surface area contributed by atoms with Gasteiger partial charge in [0.1, 0.15) is 0 Å². The van der Waals surface area contributed by atoms with E-state index in [0.29, 0.717) is 5.92 Å². The third kappa shape index (κ3) is 3.82. The molecule has 0 aliphatic rings. The molecule has 0 amide bonds. The minimum Gasteiger partial charge on any atom is -0.396 e. The SMILES string of the molecule is CCN(C[C@H](C)CO)NC. The number of hydrazine groups is 1. The van der Waals surface area contributed by atoms with Crippen LogP contribution in [0.3, 0.4) is 0 Å². The number of hydrogen-bond acceptors (Lipinski definition) is 3. The quantitative estimate of drug-likeness (QED) is 0.539. The average Bonchev–Trinajstić information content (AvgIpc) is 1.99. The molecule has 0 spiro atoms. The second-order valence-corrected chi connectivity index (χ2v) is 2.55. The van der Waals surface area contributed by atoms with Crippen LogP contribution in [0.5, 0.6) is 0 Å². The molecule has 0 aliphatic carbocycles. The molecule has 2 N–H and O–H groups in total. The Kier molecular flexibility index (Phi) is 5.58. The maximum absolute atomic E-state index is 8.72. The Hall–Kier alpha value is -0.120. The first-order valence-corrected chi connectivity index (χ1v) is 3.77. The number of rotatable bonds is 5. The van der Waals surface area contributed by atoms with Crippen LogP contribution in [0.2, 0.25) is 0 Å². The summed E-state index contributed by atoms with van der Waals surface area (Å²) in [5.41, 5.74) is 3.04. The molecular weight excluding hydrogens is 128 g/mol. The summed E-state index contributed by atoms with van der Waals surface area (Å²) in [6.45, 7) is 6.25.